The molecule has 1 atom stereocenters. The fraction of sp³-hybridized carbons (Fsp3) is 0.500. The van der Waals surface area contributed by atoms with Crippen molar-refractivity contribution >= 4 is 7.60 Å². The smallest absolute Gasteiger partial charge is 0.325 e. The highest BCUT2D eigenvalue weighted by atomic mass is 31.2. The van der Waals surface area contributed by atoms with E-state index < -0.39 is 7.60 Å². The fourth-order valence-electron chi connectivity index (χ4n) is 1.01. The zero-order valence-corrected chi connectivity index (χ0v) is 8.58. The van der Waals surface area contributed by atoms with Gasteiger partial charge in [0.25, 0.3) is 0 Å². The number of nitrogens with two attached hydrogens (primary N) is 1. The zero-order chi connectivity index (χ0) is 10.5. The first-order valence-corrected chi connectivity index (χ1v) is 5.75. The summed E-state index contributed by atoms with van der Waals surface area (Å²) >= 11 is 0. The summed E-state index contributed by atoms with van der Waals surface area (Å²) in [5, 5.41) is 0. The number of hydrogen-bond acceptors (Lipinski definition) is 2. The van der Waals surface area contributed by atoms with Gasteiger partial charge in [0.2, 0.25) is 0 Å². The van der Waals surface area contributed by atoms with Gasteiger partial charge in [-0.3, -0.25) is 4.57 Å². The molecule has 13 heavy (non-hydrogen) atoms. The molecule has 1 unspecified atom stereocenters. The Morgan fingerprint density at radius 2 is 2.23 bits per heavy atom. The van der Waals surface area contributed by atoms with Gasteiger partial charge in [0.15, 0.2) is 0 Å². The molecule has 0 aliphatic heterocycles. The van der Waals surface area contributed by atoms with Crippen LogP contribution in [-0.4, -0.2) is 22.0 Å². The first kappa shape index (κ1) is 12.6. The molecule has 4 N–H and O–H groups in total. The van der Waals surface area contributed by atoms with Crippen molar-refractivity contribution in [3.63, 3.8) is 0 Å². The van der Waals surface area contributed by atoms with E-state index in [2.05, 4.69) is 6.58 Å². The molecule has 0 aromatic rings. The molecule has 0 saturated heterocycles. The highest BCUT2D eigenvalue weighted by molar-refractivity contribution is 7.52. The van der Waals surface area contributed by atoms with Crippen LogP contribution in [0, 0.1) is 0 Å². The molecule has 0 amide bonds. The Morgan fingerprint density at radius 3 is 2.54 bits per heavy atom. The van der Waals surface area contributed by atoms with Crippen LogP contribution in [0.2, 0.25) is 0 Å². The van der Waals surface area contributed by atoms with E-state index >= 15 is 0 Å². The Balaban J connectivity index is 4.44. The van der Waals surface area contributed by atoms with E-state index in [9.17, 15) is 4.57 Å². The van der Waals surface area contributed by atoms with Gasteiger partial charge in [-0.25, -0.2) is 0 Å². The summed E-state index contributed by atoms with van der Waals surface area (Å²) in [4.78, 5) is 17.4. The van der Waals surface area contributed by atoms with Crippen molar-refractivity contribution in [3.8, 4) is 0 Å². The summed E-state index contributed by atoms with van der Waals surface area (Å²) in [6.45, 7) is 5.26. The van der Waals surface area contributed by atoms with Crippen LogP contribution in [0.25, 0.3) is 0 Å². The summed E-state index contributed by atoms with van der Waals surface area (Å²) in [5.74, 6) is 0. The lowest BCUT2D eigenvalue weighted by Crippen LogP contribution is -2.12. The van der Waals surface area contributed by atoms with Crippen LogP contribution in [-0.2, 0) is 4.57 Å². The third-order valence-electron chi connectivity index (χ3n) is 1.31. The topological polar surface area (TPSA) is 83.6 Å². The summed E-state index contributed by atoms with van der Waals surface area (Å²) in [6, 6.07) is -0.193. The molecule has 0 aromatic carbocycles. The Kier molecular flexibility index (Phi) is 5.18. The second-order valence-corrected chi connectivity index (χ2v) is 4.65. The molecule has 0 heterocycles. The van der Waals surface area contributed by atoms with Crippen LogP contribution in [0.4, 0.5) is 0 Å². The van der Waals surface area contributed by atoms with Gasteiger partial charge in [0, 0.05) is 6.04 Å². The van der Waals surface area contributed by atoms with Crippen LogP contribution in [0.1, 0.15) is 13.3 Å². The van der Waals surface area contributed by atoms with Crippen molar-refractivity contribution in [2.45, 2.75) is 19.4 Å². The molecular formula is C8H16NO3P. The lowest BCUT2D eigenvalue weighted by molar-refractivity contribution is 0.376. The van der Waals surface area contributed by atoms with Crippen molar-refractivity contribution < 1.29 is 14.4 Å². The van der Waals surface area contributed by atoms with E-state index in [1.807, 2.05) is 0 Å². The first-order valence-electron chi connectivity index (χ1n) is 3.96. The maximum atomic E-state index is 10.7. The molecule has 4 nitrogen and oxygen atoms in total. The maximum absolute atomic E-state index is 10.7. The molecule has 0 spiro atoms. The monoisotopic (exact) mass is 205 g/mol. The minimum Gasteiger partial charge on any atom is -0.325 e. The molecule has 0 radical (unpaired) electrons. The van der Waals surface area contributed by atoms with Crippen LogP contribution in [0.15, 0.2) is 24.3 Å². The van der Waals surface area contributed by atoms with Gasteiger partial charge in [0.05, 0.1) is 6.16 Å². The molecule has 0 rings (SSSR count). The van der Waals surface area contributed by atoms with Gasteiger partial charge in [0.1, 0.15) is 0 Å². The average Bonchev–Trinajstić information content (AvgIpc) is 1.81. The summed E-state index contributed by atoms with van der Waals surface area (Å²) in [7, 11) is -3.98. The lowest BCUT2D eigenvalue weighted by Gasteiger charge is -2.08. The molecule has 0 aliphatic rings. The second-order valence-electron chi connectivity index (χ2n) is 3.00. The molecule has 0 aliphatic carbocycles. The molecule has 5 heteroatoms. The Morgan fingerprint density at radius 1 is 1.69 bits per heavy atom. The molecular weight excluding hydrogens is 189 g/mol. The van der Waals surface area contributed by atoms with E-state index in [4.69, 9.17) is 15.5 Å². The minimum atomic E-state index is -3.98. The van der Waals surface area contributed by atoms with Crippen LogP contribution in [0.3, 0.4) is 0 Å². The summed E-state index contributed by atoms with van der Waals surface area (Å²) < 4.78 is 10.7. The van der Waals surface area contributed by atoms with Crippen LogP contribution in [0.5, 0.6) is 0 Å². The van der Waals surface area contributed by atoms with Gasteiger partial charge in [-0.2, -0.15) is 0 Å². The van der Waals surface area contributed by atoms with Gasteiger partial charge in [-0.1, -0.05) is 17.7 Å². The fourth-order valence-corrected chi connectivity index (χ4v) is 1.77. The Bertz CT molecular complexity index is 242. The minimum absolute atomic E-state index is 0.193. The van der Waals surface area contributed by atoms with E-state index in [1.165, 1.54) is 0 Å². The van der Waals surface area contributed by atoms with Crippen molar-refractivity contribution in [1.82, 2.24) is 0 Å². The Labute approximate surface area is 78.3 Å². The summed E-state index contributed by atoms with van der Waals surface area (Å²) in [6.07, 6.45) is 3.48. The predicted octanol–water partition coefficient (Wildman–Crippen LogP) is 1.01. The molecule has 0 saturated carbocycles. The van der Waals surface area contributed by atoms with Gasteiger partial charge in [-0.15, -0.1) is 6.58 Å². The van der Waals surface area contributed by atoms with E-state index in [0.717, 1.165) is 0 Å². The van der Waals surface area contributed by atoms with Gasteiger partial charge in [-0.05, 0) is 13.3 Å². The van der Waals surface area contributed by atoms with E-state index in [0.29, 0.717) is 12.0 Å². The first-order chi connectivity index (χ1) is 5.85. The van der Waals surface area contributed by atoms with Crippen molar-refractivity contribution in [3.05, 3.63) is 24.3 Å². The van der Waals surface area contributed by atoms with Crippen molar-refractivity contribution in [2.75, 3.05) is 6.16 Å². The van der Waals surface area contributed by atoms with Crippen LogP contribution >= 0.6 is 7.60 Å². The quantitative estimate of drug-likeness (QED) is 0.462. The second kappa shape index (κ2) is 5.35. The predicted molar refractivity (Wildman–Crippen MR) is 53.5 cm³/mol. The number of hydrogen-bond donors (Lipinski definition) is 3. The molecule has 0 bridgehead atoms. The molecule has 76 valence electrons. The van der Waals surface area contributed by atoms with Gasteiger partial charge >= 0.3 is 7.60 Å². The Hall–Kier alpha value is -0.410. The highest BCUT2D eigenvalue weighted by Gasteiger charge is 2.15. The van der Waals surface area contributed by atoms with E-state index in [-0.39, 0.29) is 12.2 Å². The van der Waals surface area contributed by atoms with Crippen LogP contribution < -0.4 is 5.73 Å². The average molecular weight is 205 g/mol. The number of rotatable bonds is 5. The highest BCUT2D eigenvalue weighted by Crippen LogP contribution is 2.37. The largest absolute Gasteiger partial charge is 0.329 e. The van der Waals surface area contributed by atoms with Gasteiger partial charge < -0.3 is 15.5 Å². The zero-order valence-electron chi connectivity index (χ0n) is 7.68. The lowest BCUT2D eigenvalue weighted by atomic mass is 10.1. The molecule has 0 aromatic heterocycles. The normalized spacial score (nSPS) is 15.5. The molecule has 0 fully saturated rings. The third-order valence-corrected chi connectivity index (χ3v) is 2.13. The number of allylic oxidation sites excluding steroid dienone is 2. The standard InChI is InChI=1S/C8H16NO3P/c1-3-4-8(5-7(2)9)6-13(10,11)12/h3,5,7H,1,4,6,9H2,2H3,(H2,10,11,12). The third kappa shape index (κ3) is 7.94. The van der Waals surface area contributed by atoms with E-state index in [1.54, 1.807) is 19.1 Å². The SMILES string of the molecule is C=CCC(=CC(C)N)CP(=O)(O)O. The maximum Gasteiger partial charge on any atom is 0.329 e. The van der Waals surface area contributed by atoms with Crippen molar-refractivity contribution in [1.29, 1.82) is 0 Å². The van der Waals surface area contributed by atoms with Crippen molar-refractivity contribution in [2.24, 2.45) is 5.73 Å². The summed E-state index contributed by atoms with van der Waals surface area (Å²) in [5.41, 5.74) is 6.12.